The van der Waals surface area contributed by atoms with Crippen LogP contribution in [0, 0.1) is 11.2 Å². The second-order valence-corrected chi connectivity index (χ2v) is 9.28. The molecule has 2 aromatic rings. The highest BCUT2D eigenvalue weighted by atomic mass is 19.4. The minimum absolute atomic E-state index is 0.0380. The summed E-state index contributed by atoms with van der Waals surface area (Å²) in [6.07, 6.45) is -11.0. The van der Waals surface area contributed by atoms with Crippen LogP contribution in [0.25, 0.3) is 0 Å². The fraction of sp³-hybridized carbons (Fsp3) is 0.458. The number of alkyl halides is 6. The standard InChI is InChI=1S/C24H26F7NO3/c1-22(2,3)20(32-21(33)34)10-16(15-4-6-19(25)7-5-15)13-35-12-14-8-17(23(26,27)28)11-18(9-14)24(29,30)31/h4-9,11,16,20,32H,10,12-13H2,1-3H3,(H,33,34). The van der Waals surface area contributed by atoms with Gasteiger partial charge in [-0.2, -0.15) is 26.3 Å². The Morgan fingerprint density at radius 3 is 1.89 bits per heavy atom. The van der Waals surface area contributed by atoms with Crippen LogP contribution in [0.3, 0.4) is 0 Å². The summed E-state index contributed by atoms with van der Waals surface area (Å²) in [7, 11) is 0. The molecule has 2 atom stereocenters. The lowest BCUT2D eigenvalue weighted by molar-refractivity contribution is -0.143. The van der Waals surface area contributed by atoms with Crippen LogP contribution in [0.1, 0.15) is 55.4 Å². The first-order valence-corrected chi connectivity index (χ1v) is 10.6. The lowest BCUT2D eigenvalue weighted by Gasteiger charge is -2.33. The van der Waals surface area contributed by atoms with Crippen LogP contribution in [-0.4, -0.2) is 23.8 Å². The molecule has 2 unspecified atom stereocenters. The predicted molar refractivity (Wildman–Crippen MR) is 114 cm³/mol. The number of rotatable bonds is 8. The molecule has 2 aromatic carbocycles. The van der Waals surface area contributed by atoms with Gasteiger partial charge < -0.3 is 15.2 Å². The number of benzene rings is 2. The van der Waals surface area contributed by atoms with Crippen molar-refractivity contribution in [3.05, 3.63) is 70.5 Å². The van der Waals surface area contributed by atoms with Gasteiger partial charge in [0.15, 0.2) is 0 Å². The molecule has 0 fully saturated rings. The van der Waals surface area contributed by atoms with Crippen molar-refractivity contribution in [2.45, 2.75) is 58.1 Å². The second kappa shape index (κ2) is 10.8. The normalized spacial score (nSPS) is 14.5. The van der Waals surface area contributed by atoms with Gasteiger partial charge in [-0.3, -0.25) is 0 Å². The molecular formula is C24H26F7NO3. The molecule has 4 nitrogen and oxygen atoms in total. The van der Waals surface area contributed by atoms with Gasteiger partial charge in [-0.1, -0.05) is 32.9 Å². The van der Waals surface area contributed by atoms with Crippen molar-refractivity contribution in [2.24, 2.45) is 5.41 Å². The van der Waals surface area contributed by atoms with E-state index in [0.29, 0.717) is 17.7 Å². The number of ether oxygens (including phenoxy) is 1. The van der Waals surface area contributed by atoms with E-state index < -0.39 is 59.4 Å². The highest BCUT2D eigenvalue weighted by molar-refractivity contribution is 5.65. The summed E-state index contributed by atoms with van der Waals surface area (Å²) >= 11 is 0. The molecule has 2 rings (SSSR count). The van der Waals surface area contributed by atoms with E-state index >= 15 is 0 Å². The van der Waals surface area contributed by atoms with E-state index in [1.165, 1.54) is 24.3 Å². The van der Waals surface area contributed by atoms with Crippen molar-refractivity contribution < 1.29 is 45.4 Å². The van der Waals surface area contributed by atoms with Gasteiger partial charge in [0.05, 0.1) is 24.3 Å². The van der Waals surface area contributed by atoms with E-state index in [4.69, 9.17) is 4.74 Å². The number of hydrogen-bond acceptors (Lipinski definition) is 2. The van der Waals surface area contributed by atoms with E-state index in [1.807, 2.05) is 0 Å². The van der Waals surface area contributed by atoms with Gasteiger partial charge in [0, 0.05) is 12.0 Å². The number of carboxylic acid groups (broad SMARTS) is 1. The predicted octanol–water partition coefficient (Wildman–Crippen LogP) is 7.24. The van der Waals surface area contributed by atoms with Gasteiger partial charge in [0.2, 0.25) is 0 Å². The van der Waals surface area contributed by atoms with Crippen LogP contribution in [0.4, 0.5) is 35.5 Å². The largest absolute Gasteiger partial charge is 0.465 e. The second-order valence-electron chi connectivity index (χ2n) is 9.28. The molecule has 11 heteroatoms. The van der Waals surface area contributed by atoms with Crippen LogP contribution >= 0.6 is 0 Å². The Labute approximate surface area is 198 Å². The maximum absolute atomic E-state index is 13.4. The molecule has 0 bridgehead atoms. The summed E-state index contributed by atoms with van der Waals surface area (Å²) in [5.41, 5.74) is -3.16. The van der Waals surface area contributed by atoms with Crippen LogP contribution in [-0.2, 0) is 23.7 Å². The zero-order valence-corrected chi connectivity index (χ0v) is 19.2. The highest BCUT2D eigenvalue weighted by Crippen LogP contribution is 2.37. The quantitative estimate of drug-likeness (QED) is 0.369. The maximum atomic E-state index is 13.4. The lowest BCUT2D eigenvalue weighted by atomic mass is 9.79. The monoisotopic (exact) mass is 509 g/mol. The van der Waals surface area contributed by atoms with E-state index in [9.17, 15) is 40.6 Å². The summed E-state index contributed by atoms with van der Waals surface area (Å²) < 4.78 is 97.6. The van der Waals surface area contributed by atoms with Crippen molar-refractivity contribution in [2.75, 3.05) is 6.61 Å². The van der Waals surface area contributed by atoms with E-state index in [2.05, 4.69) is 5.32 Å². The highest BCUT2D eigenvalue weighted by Gasteiger charge is 2.37. The van der Waals surface area contributed by atoms with Gasteiger partial charge in [-0.05, 0) is 53.3 Å². The Morgan fingerprint density at radius 1 is 0.943 bits per heavy atom. The number of halogens is 7. The summed E-state index contributed by atoms with van der Waals surface area (Å²) in [5.74, 6) is -1.03. The first-order chi connectivity index (χ1) is 16.0. The Hall–Kier alpha value is -2.82. The molecule has 0 aliphatic rings. The average molecular weight is 509 g/mol. The van der Waals surface area contributed by atoms with Gasteiger partial charge in [-0.25, -0.2) is 9.18 Å². The molecular weight excluding hydrogens is 483 g/mol. The molecule has 0 aromatic heterocycles. The molecule has 0 saturated heterocycles. The third-order valence-electron chi connectivity index (χ3n) is 5.44. The summed E-state index contributed by atoms with van der Waals surface area (Å²) in [6, 6.07) is 5.97. The summed E-state index contributed by atoms with van der Waals surface area (Å²) in [6.45, 7) is 4.71. The number of hydrogen-bond donors (Lipinski definition) is 2. The first kappa shape index (κ1) is 28.4. The smallest absolute Gasteiger partial charge is 0.416 e. The van der Waals surface area contributed by atoms with E-state index in [1.54, 1.807) is 20.8 Å². The van der Waals surface area contributed by atoms with Crippen molar-refractivity contribution in [3.63, 3.8) is 0 Å². The van der Waals surface area contributed by atoms with Crippen LogP contribution in [0.15, 0.2) is 42.5 Å². The third-order valence-corrected chi connectivity index (χ3v) is 5.44. The van der Waals surface area contributed by atoms with Gasteiger partial charge in [0.25, 0.3) is 0 Å². The topological polar surface area (TPSA) is 58.6 Å². The van der Waals surface area contributed by atoms with E-state index in [0.717, 1.165) is 0 Å². The van der Waals surface area contributed by atoms with Crippen LogP contribution in [0.2, 0.25) is 0 Å². The number of carbonyl (C=O) groups is 1. The van der Waals surface area contributed by atoms with Gasteiger partial charge >= 0.3 is 18.4 Å². The van der Waals surface area contributed by atoms with Crippen molar-refractivity contribution in [1.82, 2.24) is 5.32 Å². The maximum Gasteiger partial charge on any atom is 0.416 e. The lowest BCUT2D eigenvalue weighted by Crippen LogP contribution is -2.44. The Kier molecular flexibility index (Phi) is 8.80. The Balaban J connectivity index is 2.28. The Bertz CT molecular complexity index is 964. The molecule has 0 heterocycles. The third kappa shape index (κ3) is 8.72. The SMILES string of the molecule is CC(C)(C)C(CC(COCc1cc(C(F)(F)F)cc(C(F)(F)F)c1)c1ccc(F)cc1)NC(=O)O. The van der Waals surface area contributed by atoms with Crippen molar-refractivity contribution >= 4 is 6.09 Å². The van der Waals surface area contributed by atoms with Gasteiger partial charge in [0.1, 0.15) is 5.82 Å². The van der Waals surface area contributed by atoms with Crippen LogP contribution in [0.5, 0.6) is 0 Å². The summed E-state index contributed by atoms with van der Waals surface area (Å²) in [4.78, 5) is 11.3. The molecule has 0 aliphatic carbocycles. The fourth-order valence-electron chi connectivity index (χ4n) is 3.52. The zero-order chi connectivity index (χ0) is 26.6. The molecule has 0 aliphatic heterocycles. The molecule has 35 heavy (non-hydrogen) atoms. The molecule has 194 valence electrons. The first-order valence-electron chi connectivity index (χ1n) is 10.6. The number of amides is 1. The van der Waals surface area contributed by atoms with Gasteiger partial charge in [-0.15, -0.1) is 0 Å². The molecule has 1 amide bonds. The molecule has 0 spiro atoms. The average Bonchev–Trinajstić information content (AvgIpc) is 2.70. The minimum Gasteiger partial charge on any atom is -0.465 e. The Morgan fingerprint density at radius 2 is 1.46 bits per heavy atom. The fourth-order valence-corrected chi connectivity index (χ4v) is 3.52. The minimum atomic E-state index is -4.98. The zero-order valence-electron chi connectivity index (χ0n) is 19.2. The van der Waals surface area contributed by atoms with E-state index in [-0.39, 0.29) is 24.7 Å². The molecule has 0 radical (unpaired) electrons. The summed E-state index contributed by atoms with van der Waals surface area (Å²) in [5, 5.41) is 11.6. The van der Waals surface area contributed by atoms with Crippen molar-refractivity contribution in [1.29, 1.82) is 0 Å². The molecule has 2 N–H and O–H groups in total. The van der Waals surface area contributed by atoms with Crippen molar-refractivity contribution in [3.8, 4) is 0 Å². The molecule has 0 saturated carbocycles. The number of nitrogens with one attached hydrogen (secondary N) is 1. The van der Waals surface area contributed by atoms with Crippen LogP contribution < -0.4 is 5.32 Å².